The standard InChI is InChI=1S/C14H23N3O2S/c1-9-7-15-13(20-9)10(2)16-14(19)17-12-6-4-3-5-11(12)8-18/h7,10-12,18H,3-6,8H2,1-2H3,(H2,16,17,19). The van der Waals surface area contributed by atoms with E-state index < -0.39 is 0 Å². The maximum atomic E-state index is 12.0. The van der Waals surface area contributed by atoms with Crippen LogP contribution < -0.4 is 10.6 Å². The van der Waals surface area contributed by atoms with Crippen LogP contribution in [0.25, 0.3) is 0 Å². The molecule has 0 spiro atoms. The zero-order valence-corrected chi connectivity index (χ0v) is 12.9. The molecule has 1 aromatic heterocycles. The van der Waals surface area contributed by atoms with Crippen LogP contribution in [0.5, 0.6) is 0 Å². The Morgan fingerprint density at radius 1 is 1.55 bits per heavy atom. The molecule has 1 aliphatic carbocycles. The van der Waals surface area contributed by atoms with Crippen molar-refractivity contribution in [3.8, 4) is 0 Å². The van der Waals surface area contributed by atoms with Crippen molar-refractivity contribution >= 4 is 17.4 Å². The van der Waals surface area contributed by atoms with E-state index in [4.69, 9.17) is 0 Å². The SMILES string of the molecule is Cc1cnc(C(C)NC(=O)NC2CCCCC2CO)s1. The van der Waals surface area contributed by atoms with Gasteiger partial charge in [0.05, 0.1) is 6.04 Å². The Morgan fingerprint density at radius 2 is 2.30 bits per heavy atom. The van der Waals surface area contributed by atoms with Crippen LogP contribution in [0.15, 0.2) is 6.20 Å². The smallest absolute Gasteiger partial charge is 0.315 e. The van der Waals surface area contributed by atoms with Crippen molar-refractivity contribution < 1.29 is 9.90 Å². The first-order valence-electron chi connectivity index (χ1n) is 7.20. The summed E-state index contributed by atoms with van der Waals surface area (Å²) in [7, 11) is 0. The van der Waals surface area contributed by atoms with Crippen LogP contribution in [0, 0.1) is 12.8 Å². The number of rotatable bonds is 4. The second-order valence-electron chi connectivity index (χ2n) is 5.48. The van der Waals surface area contributed by atoms with E-state index in [1.54, 1.807) is 11.3 Å². The molecule has 2 rings (SSSR count). The molecule has 1 aromatic rings. The van der Waals surface area contributed by atoms with Gasteiger partial charge in [-0.2, -0.15) is 0 Å². The molecule has 1 heterocycles. The maximum absolute atomic E-state index is 12.0. The summed E-state index contributed by atoms with van der Waals surface area (Å²) in [5.74, 6) is 0.187. The van der Waals surface area contributed by atoms with E-state index in [1.165, 1.54) is 0 Å². The van der Waals surface area contributed by atoms with Gasteiger partial charge >= 0.3 is 6.03 Å². The maximum Gasteiger partial charge on any atom is 0.315 e. The highest BCUT2D eigenvalue weighted by molar-refractivity contribution is 7.11. The Hall–Kier alpha value is -1.14. The number of carbonyl (C=O) groups excluding carboxylic acids is 1. The van der Waals surface area contributed by atoms with Gasteiger partial charge in [-0.1, -0.05) is 12.8 Å². The van der Waals surface area contributed by atoms with Crippen LogP contribution in [0.2, 0.25) is 0 Å². The van der Waals surface area contributed by atoms with E-state index >= 15 is 0 Å². The Labute approximate surface area is 123 Å². The number of nitrogens with zero attached hydrogens (tertiary/aromatic N) is 1. The Kier molecular flexibility index (Phi) is 5.37. The highest BCUT2D eigenvalue weighted by atomic mass is 32.1. The second kappa shape index (κ2) is 7.04. The molecular weight excluding hydrogens is 274 g/mol. The van der Waals surface area contributed by atoms with Crippen molar-refractivity contribution in [2.75, 3.05) is 6.61 Å². The number of urea groups is 1. The molecule has 5 nitrogen and oxygen atoms in total. The largest absolute Gasteiger partial charge is 0.396 e. The van der Waals surface area contributed by atoms with E-state index in [9.17, 15) is 9.90 Å². The average molecular weight is 297 g/mol. The fourth-order valence-corrected chi connectivity index (χ4v) is 3.43. The van der Waals surface area contributed by atoms with Crippen molar-refractivity contribution in [2.45, 2.75) is 51.6 Å². The van der Waals surface area contributed by atoms with Gasteiger partial charge in [0.2, 0.25) is 0 Å². The van der Waals surface area contributed by atoms with Crippen molar-refractivity contribution in [3.63, 3.8) is 0 Å². The van der Waals surface area contributed by atoms with Gasteiger partial charge < -0.3 is 15.7 Å². The number of amides is 2. The number of nitrogens with one attached hydrogen (secondary N) is 2. The molecule has 3 N–H and O–H groups in total. The first kappa shape index (κ1) is 15.3. The normalized spacial score (nSPS) is 24.1. The molecule has 112 valence electrons. The Bertz CT molecular complexity index is 449. The summed E-state index contributed by atoms with van der Waals surface area (Å²) < 4.78 is 0. The van der Waals surface area contributed by atoms with Crippen LogP contribution >= 0.6 is 11.3 Å². The lowest BCUT2D eigenvalue weighted by Gasteiger charge is -2.31. The van der Waals surface area contributed by atoms with Crippen LogP contribution in [0.3, 0.4) is 0 Å². The minimum absolute atomic E-state index is 0.0824. The van der Waals surface area contributed by atoms with E-state index in [0.717, 1.165) is 35.6 Å². The van der Waals surface area contributed by atoms with Gasteiger partial charge in [-0.15, -0.1) is 11.3 Å². The Balaban J connectivity index is 1.85. The zero-order valence-electron chi connectivity index (χ0n) is 12.1. The van der Waals surface area contributed by atoms with Crippen molar-refractivity contribution in [1.29, 1.82) is 0 Å². The predicted molar refractivity (Wildman–Crippen MR) is 79.8 cm³/mol. The fourth-order valence-electron chi connectivity index (χ4n) is 2.66. The number of aromatic nitrogens is 1. The summed E-state index contributed by atoms with van der Waals surface area (Å²) >= 11 is 1.60. The van der Waals surface area contributed by atoms with E-state index in [-0.39, 0.29) is 30.6 Å². The zero-order chi connectivity index (χ0) is 14.5. The predicted octanol–water partition coefficient (Wildman–Crippen LogP) is 2.36. The number of hydrogen-bond acceptors (Lipinski definition) is 4. The summed E-state index contributed by atoms with van der Waals surface area (Å²) in [5, 5.41) is 16.2. The van der Waals surface area contributed by atoms with Gasteiger partial charge in [0.1, 0.15) is 5.01 Å². The molecule has 0 aliphatic heterocycles. The first-order valence-corrected chi connectivity index (χ1v) is 8.02. The van der Waals surface area contributed by atoms with E-state index in [2.05, 4.69) is 15.6 Å². The molecule has 1 aliphatic rings. The molecule has 0 aromatic carbocycles. The van der Waals surface area contributed by atoms with Crippen LogP contribution in [0.4, 0.5) is 4.79 Å². The topological polar surface area (TPSA) is 74.2 Å². The third-order valence-electron chi connectivity index (χ3n) is 3.82. The molecule has 0 saturated heterocycles. The number of aryl methyl sites for hydroxylation is 1. The van der Waals surface area contributed by atoms with Gasteiger partial charge in [-0.05, 0) is 26.7 Å². The van der Waals surface area contributed by atoms with Crippen molar-refractivity contribution in [2.24, 2.45) is 5.92 Å². The Morgan fingerprint density at radius 3 is 2.95 bits per heavy atom. The molecule has 3 atom stereocenters. The third kappa shape index (κ3) is 3.93. The highest BCUT2D eigenvalue weighted by Gasteiger charge is 2.26. The van der Waals surface area contributed by atoms with E-state index in [1.807, 2.05) is 20.0 Å². The molecule has 20 heavy (non-hydrogen) atoms. The summed E-state index contributed by atoms with van der Waals surface area (Å²) in [6.07, 6.45) is 6.01. The molecule has 1 fully saturated rings. The summed E-state index contributed by atoms with van der Waals surface area (Å²) in [4.78, 5) is 17.5. The fraction of sp³-hybridized carbons (Fsp3) is 0.714. The highest BCUT2D eigenvalue weighted by Crippen LogP contribution is 2.24. The molecule has 0 bridgehead atoms. The van der Waals surface area contributed by atoms with Gasteiger partial charge in [0, 0.05) is 29.6 Å². The second-order valence-corrected chi connectivity index (χ2v) is 6.75. The summed E-state index contributed by atoms with van der Waals surface area (Å²) in [6, 6.07) is -0.181. The van der Waals surface area contributed by atoms with Crippen molar-refractivity contribution in [1.82, 2.24) is 15.6 Å². The molecule has 2 amide bonds. The minimum atomic E-state index is -0.171. The number of hydrogen-bond donors (Lipinski definition) is 3. The number of thiazole rings is 1. The lowest BCUT2D eigenvalue weighted by atomic mass is 9.85. The van der Waals surface area contributed by atoms with Crippen LogP contribution in [-0.4, -0.2) is 28.8 Å². The average Bonchev–Trinajstić information content (AvgIpc) is 2.86. The van der Waals surface area contributed by atoms with Gasteiger partial charge in [0.15, 0.2) is 0 Å². The molecule has 1 saturated carbocycles. The van der Waals surface area contributed by atoms with Gasteiger partial charge in [-0.25, -0.2) is 9.78 Å². The van der Waals surface area contributed by atoms with Gasteiger partial charge in [-0.3, -0.25) is 0 Å². The van der Waals surface area contributed by atoms with E-state index in [0.29, 0.717) is 0 Å². The van der Waals surface area contributed by atoms with Crippen LogP contribution in [0.1, 0.15) is 48.5 Å². The number of carbonyl (C=O) groups is 1. The third-order valence-corrected chi connectivity index (χ3v) is 4.91. The quantitative estimate of drug-likeness (QED) is 0.798. The number of aliphatic hydroxyl groups is 1. The summed E-state index contributed by atoms with van der Waals surface area (Å²) in [5.41, 5.74) is 0. The minimum Gasteiger partial charge on any atom is -0.396 e. The molecular formula is C14H23N3O2S. The van der Waals surface area contributed by atoms with Crippen molar-refractivity contribution in [3.05, 3.63) is 16.1 Å². The monoisotopic (exact) mass is 297 g/mol. The molecule has 0 radical (unpaired) electrons. The first-order chi connectivity index (χ1) is 9.60. The number of aliphatic hydroxyl groups excluding tert-OH is 1. The van der Waals surface area contributed by atoms with Crippen LogP contribution in [-0.2, 0) is 0 Å². The lowest BCUT2D eigenvalue weighted by molar-refractivity contribution is 0.153. The van der Waals surface area contributed by atoms with Gasteiger partial charge in [0.25, 0.3) is 0 Å². The summed E-state index contributed by atoms with van der Waals surface area (Å²) in [6.45, 7) is 4.08. The lowest BCUT2D eigenvalue weighted by Crippen LogP contribution is -2.48. The molecule has 3 unspecified atom stereocenters. The molecule has 6 heteroatoms.